The topological polar surface area (TPSA) is 12.0 Å². The summed E-state index contributed by atoms with van der Waals surface area (Å²) in [4.78, 5) is 0. The Kier molecular flexibility index (Phi) is 3.33. The van der Waals surface area contributed by atoms with Gasteiger partial charge in [-0.05, 0) is 30.5 Å². The zero-order valence-electron chi connectivity index (χ0n) is 9.89. The van der Waals surface area contributed by atoms with Crippen molar-refractivity contribution in [2.45, 2.75) is 39.2 Å². The van der Waals surface area contributed by atoms with E-state index in [-0.39, 0.29) is 5.41 Å². The second-order valence-electron chi connectivity index (χ2n) is 4.88. The molecule has 1 unspecified atom stereocenters. The SMILES string of the molecule is CNC(C)c1ccc(C(C)(C)C)cc1. The van der Waals surface area contributed by atoms with E-state index in [2.05, 4.69) is 57.3 Å². The first-order chi connectivity index (χ1) is 6.45. The molecule has 1 N–H and O–H groups in total. The summed E-state index contributed by atoms with van der Waals surface area (Å²) in [5, 5.41) is 3.24. The molecule has 1 rings (SSSR count). The first-order valence-electron chi connectivity index (χ1n) is 5.23. The van der Waals surface area contributed by atoms with E-state index in [9.17, 15) is 0 Å². The van der Waals surface area contributed by atoms with Gasteiger partial charge in [0.2, 0.25) is 0 Å². The van der Waals surface area contributed by atoms with Gasteiger partial charge >= 0.3 is 0 Å². The molecule has 0 amide bonds. The number of rotatable bonds is 2. The molecule has 1 aromatic rings. The van der Waals surface area contributed by atoms with Crippen LogP contribution in [0, 0.1) is 0 Å². The molecule has 1 heteroatoms. The minimum Gasteiger partial charge on any atom is -0.313 e. The van der Waals surface area contributed by atoms with Crippen molar-refractivity contribution >= 4 is 0 Å². The van der Waals surface area contributed by atoms with Crippen molar-refractivity contribution in [1.82, 2.24) is 5.32 Å². The molecular formula is C13H21N. The van der Waals surface area contributed by atoms with Gasteiger partial charge in [-0.3, -0.25) is 0 Å². The van der Waals surface area contributed by atoms with Crippen LogP contribution in [0.2, 0.25) is 0 Å². The fourth-order valence-electron chi connectivity index (χ4n) is 1.44. The number of nitrogens with one attached hydrogen (secondary N) is 1. The standard InChI is InChI=1S/C13H21N/c1-10(14-5)11-6-8-12(9-7-11)13(2,3)4/h6-10,14H,1-5H3. The summed E-state index contributed by atoms with van der Waals surface area (Å²) in [6, 6.07) is 9.31. The molecule has 0 spiro atoms. The van der Waals surface area contributed by atoms with Gasteiger partial charge in [-0.25, -0.2) is 0 Å². The Balaban J connectivity index is 2.89. The van der Waals surface area contributed by atoms with E-state index in [1.165, 1.54) is 11.1 Å². The van der Waals surface area contributed by atoms with Crippen molar-refractivity contribution in [3.8, 4) is 0 Å². The third kappa shape index (κ3) is 2.58. The van der Waals surface area contributed by atoms with Gasteiger partial charge in [0.15, 0.2) is 0 Å². The summed E-state index contributed by atoms with van der Waals surface area (Å²) in [5.74, 6) is 0. The van der Waals surface area contributed by atoms with Crippen LogP contribution in [0.1, 0.15) is 44.9 Å². The second-order valence-corrected chi connectivity index (χ2v) is 4.88. The summed E-state index contributed by atoms with van der Waals surface area (Å²) in [5.41, 5.74) is 2.99. The van der Waals surface area contributed by atoms with Crippen LogP contribution >= 0.6 is 0 Å². The maximum atomic E-state index is 3.24. The van der Waals surface area contributed by atoms with Crippen molar-refractivity contribution in [3.05, 3.63) is 35.4 Å². The molecule has 1 atom stereocenters. The van der Waals surface area contributed by atoms with Crippen LogP contribution in [-0.2, 0) is 5.41 Å². The Morgan fingerprint density at radius 3 is 1.93 bits per heavy atom. The minimum absolute atomic E-state index is 0.251. The average molecular weight is 191 g/mol. The lowest BCUT2D eigenvalue weighted by molar-refractivity contribution is 0.588. The Hall–Kier alpha value is -0.820. The van der Waals surface area contributed by atoms with Gasteiger partial charge in [0.1, 0.15) is 0 Å². The molecule has 78 valence electrons. The number of hydrogen-bond acceptors (Lipinski definition) is 1. The van der Waals surface area contributed by atoms with Crippen LogP contribution in [0.3, 0.4) is 0 Å². The van der Waals surface area contributed by atoms with E-state index in [4.69, 9.17) is 0 Å². The smallest absolute Gasteiger partial charge is 0.0289 e. The third-order valence-corrected chi connectivity index (χ3v) is 2.71. The van der Waals surface area contributed by atoms with Crippen LogP contribution in [0.4, 0.5) is 0 Å². The Morgan fingerprint density at radius 2 is 1.57 bits per heavy atom. The lowest BCUT2D eigenvalue weighted by atomic mass is 9.86. The predicted molar refractivity (Wildman–Crippen MR) is 62.6 cm³/mol. The third-order valence-electron chi connectivity index (χ3n) is 2.71. The summed E-state index contributed by atoms with van der Waals surface area (Å²) < 4.78 is 0. The highest BCUT2D eigenvalue weighted by atomic mass is 14.8. The van der Waals surface area contributed by atoms with E-state index in [1.807, 2.05) is 7.05 Å². The molecule has 0 bridgehead atoms. The highest BCUT2D eigenvalue weighted by Crippen LogP contribution is 2.23. The van der Waals surface area contributed by atoms with E-state index in [1.54, 1.807) is 0 Å². The maximum Gasteiger partial charge on any atom is 0.0289 e. The van der Waals surface area contributed by atoms with E-state index in [0.717, 1.165) is 0 Å². The van der Waals surface area contributed by atoms with Gasteiger partial charge in [0.25, 0.3) is 0 Å². The molecule has 0 saturated carbocycles. The van der Waals surface area contributed by atoms with Gasteiger partial charge in [0.05, 0.1) is 0 Å². The molecule has 1 aromatic carbocycles. The van der Waals surface area contributed by atoms with Crippen LogP contribution in [0.15, 0.2) is 24.3 Å². The average Bonchev–Trinajstić information content (AvgIpc) is 2.15. The second kappa shape index (κ2) is 4.14. The lowest BCUT2D eigenvalue weighted by Crippen LogP contribution is -2.14. The first-order valence-corrected chi connectivity index (χ1v) is 5.23. The van der Waals surface area contributed by atoms with Gasteiger partial charge in [-0.15, -0.1) is 0 Å². The van der Waals surface area contributed by atoms with Crippen LogP contribution in [0.25, 0.3) is 0 Å². The quantitative estimate of drug-likeness (QED) is 0.756. The maximum absolute atomic E-state index is 3.24. The molecule has 0 saturated heterocycles. The molecule has 0 aliphatic carbocycles. The molecule has 0 fully saturated rings. The van der Waals surface area contributed by atoms with Crippen LogP contribution in [-0.4, -0.2) is 7.05 Å². The van der Waals surface area contributed by atoms with Gasteiger partial charge in [-0.2, -0.15) is 0 Å². The van der Waals surface area contributed by atoms with Crippen molar-refractivity contribution in [1.29, 1.82) is 0 Å². The van der Waals surface area contributed by atoms with Crippen molar-refractivity contribution in [2.24, 2.45) is 0 Å². The summed E-state index contributed by atoms with van der Waals surface area (Å²) in [6.07, 6.45) is 0. The summed E-state index contributed by atoms with van der Waals surface area (Å²) in [6.45, 7) is 8.89. The highest BCUT2D eigenvalue weighted by molar-refractivity contribution is 5.28. The van der Waals surface area contributed by atoms with Gasteiger partial charge in [0, 0.05) is 6.04 Å². The molecule has 0 aromatic heterocycles. The normalized spacial score (nSPS) is 14.1. The van der Waals surface area contributed by atoms with E-state index >= 15 is 0 Å². The molecular weight excluding hydrogens is 170 g/mol. The van der Waals surface area contributed by atoms with Crippen LogP contribution in [0.5, 0.6) is 0 Å². The van der Waals surface area contributed by atoms with Crippen LogP contribution < -0.4 is 5.32 Å². The predicted octanol–water partition coefficient (Wildman–Crippen LogP) is 3.26. The van der Waals surface area contributed by atoms with Crippen molar-refractivity contribution in [3.63, 3.8) is 0 Å². The minimum atomic E-state index is 0.251. The van der Waals surface area contributed by atoms with Crippen molar-refractivity contribution in [2.75, 3.05) is 7.05 Å². The van der Waals surface area contributed by atoms with Crippen molar-refractivity contribution < 1.29 is 0 Å². The van der Waals surface area contributed by atoms with E-state index < -0.39 is 0 Å². The first kappa shape index (κ1) is 11.3. The van der Waals surface area contributed by atoms with E-state index in [0.29, 0.717) is 6.04 Å². The zero-order chi connectivity index (χ0) is 10.8. The van der Waals surface area contributed by atoms with Gasteiger partial charge < -0.3 is 5.32 Å². The lowest BCUT2D eigenvalue weighted by Gasteiger charge is -2.20. The Bertz CT molecular complexity index is 279. The largest absolute Gasteiger partial charge is 0.313 e. The molecule has 14 heavy (non-hydrogen) atoms. The fourth-order valence-corrected chi connectivity index (χ4v) is 1.44. The molecule has 0 heterocycles. The molecule has 0 radical (unpaired) electrons. The number of hydrogen-bond donors (Lipinski definition) is 1. The molecule has 0 aliphatic rings. The zero-order valence-corrected chi connectivity index (χ0v) is 9.89. The molecule has 0 aliphatic heterocycles. The summed E-state index contributed by atoms with van der Waals surface area (Å²) in [7, 11) is 1.99. The Labute approximate surface area is 87.5 Å². The molecule has 1 nitrogen and oxygen atoms in total. The highest BCUT2D eigenvalue weighted by Gasteiger charge is 2.13. The van der Waals surface area contributed by atoms with Gasteiger partial charge in [-0.1, -0.05) is 45.0 Å². The fraction of sp³-hybridized carbons (Fsp3) is 0.538. The number of benzene rings is 1. The Morgan fingerprint density at radius 1 is 1.07 bits per heavy atom. The monoisotopic (exact) mass is 191 g/mol. The summed E-state index contributed by atoms with van der Waals surface area (Å²) >= 11 is 0.